The summed E-state index contributed by atoms with van der Waals surface area (Å²) < 4.78 is -0.560. The van der Waals surface area contributed by atoms with Gasteiger partial charge in [0.05, 0.1) is 5.69 Å². The molecule has 0 bridgehead atoms. The molecular formula is C9H4Br5ClN2O. The van der Waals surface area contributed by atoms with Crippen LogP contribution < -0.4 is 0 Å². The molecule has 18 heavy (non-hydrogen) atoms. The Kier molecular flexibility index (Phi) is 6.95. The van der Waals surface area contributed by atoms with E-state index in [1.165, 1.54) is 0 Å². The summed E-state index contributed by atoms with van der Waals surface area (Å²) in [6.07, 6.45) is 0. The first-order valence-electron chi connectivity index (χ1n) is 4.32. The summed E-state index contributed by atoms with van der Waals surface area (Å²) in [5, 5.41) is 7.73. The molecule has 0 aliphatic carbocycles. The van der Waals surface area contributed by atoms with E-state index >= 15 is 0 Å². The quantitative estimate of drug-likeness (QED) is 0.232. The summed E-state index contributed by atoms with van der Waals surface area (Å²) in [4.78, 5) is 11.7. The van der Waals surface area contributed by atoms with Crippen molar-refractivity contribution in [2.45, 2.75) is 7.64 Å². The van der Waals surface area contributed by atoms with Gasteiger partial charge in [-0.25, -0.2) is 0 Å². The van der Waals surface area contributed by atoms with Crippen LogP contribution in [0.4, 0.5) is 5.69 Å². The normalized spacial score (nSPS) is 15.1. The van der Waals surface area contributed by atoms with Gasteiger partial charge in [-0.1, -0.05) is 59.4 Å². The van der Waals surface area contributed by atoms with Gasteiger partial charge in [-0.05, 0) is 50.1 Å². The van der Waals surface area contributed by atoms with E-state index < -0.39 is 13.4 Å². The van der Waals surface area contributed by atoms with E-state index in [-0.39, 0.29) is 0 Å². The van der Waals surface area contributed by atoms with Crippen LogP contribution >= 0.6 is 91.3 Å². The van der Waals surface area contributed by atoms with Crippen molar-refractivity contribution in [1.29, 1.82) is 0 Å². The highest BCUT2D eigenvalue weighted by atomic mass is 79.9. The minimum absolute atomic E-state index is 0.402. The molecule has 0 fully saturated rings. The van der Waals surface area contributed by atoms with Crippen molar-refractivity contribution < 1.29 is 4.79 Å². The van der Waals surface area contributed by atoms with Gasteiger partial charge in [-0.15, -0.1) is 5.11 Å². The van der Waals surface area contributed by atoms with Crippen LogP contribution in [0.15, 0.2) is 37.4 Å². The maximum absolute atomic E-state index is 11.7. The van der Waals surface area contributed by atoms with E-state index in [4.69, 9.17) is 11.6 Å². The van der Waals surface area contributed by atoms with E-state index in [1.807, 2.05) is 12.1 Å². The van der Waals surface area contributed by atoms with Gasteiger partial charge in [0, 0.05) is 8.95 Å². The fourth-order valence-corrected chi connectivity index (χ4v) is 3.98. The third kappa shape index (κ3) is 4.94. The van der Waals surface area contributed by atoms with Gasteiger partial charge in [0.2, 0.25) is 5.78 Å². The topological polar surface area (TPSA) is 41.8 Å². The first-order valence-corrected chi connectivity index (χ1v) is 8.91. The largest absolute Gasteiger partial charge is 0.292 e. The average Bonchev–Trinajstić information content (AvgIpc) is 2.26. The molecule has 0 saturated carbocycles. The number of carbonyl (C=O) groups excluding carboxylic acids is 1. The number of halogens is 6. The lowest BCUT2D eigenvalue weighted by Crippen LogP contribution is -2.27. The number of ketones is 1. The number of nitrogens with zero attached hydrogens (tertiary/aromatic N) is 2. The van der Waals surface area contributed by atoms with Crippen molar-refractivity contribution in [3.8, 4) is 0 Å². The Bertz CT molecular complexity index is 492. The van der Waals surface area contributed by atoms with Crippen molar-refractivity contribution in [3.05, 3.63) is 27.1 Å². The summed E-state index contributed by atoms with van der Waals surface area (Å²) in [7, 11) is 0. The molecule has 0 aromatic heterocycles. The van der Waals surface area contributed by atoms with Crippen molar-refractivity contribution in [2.24, 2.45) is 10.2 Å². The van der Waals surface area contributed by atoms with Gasteiger partial charge in [-0.2, -0.15) is 5.11 Å². The number of Topliss-reactive ketones (excluding diaryl/α,β-unsaturated/α-hetero) is 1. The third-order valence-corrected chi connectivity index (χ3v) is 4.46. The Balaban J connectivity index is 2.96. The van der Waals surface area contributed by atoms with E-state index in [0.717, 1.165) is 8.95 Å². The van der Waals surface area contributed by atoms with Crippen LogP contribution in [0, 0.1) is 0 Å². The smallest absolute Gasteiger partial charge is 0.268 e. The fourth-order valence-electron chi connectivity index (χ4n) is 0.860. The van der Waals surface area contributed by atoms with Gasteiger partial charge in [0.15, 0.2) is 0 Å². The standard InChI is InChI=1S/C9H4Br5ClN2O/c10-4-1-2-6(5(11)3-4)16-17-9(14,15)7(18)8(12)13/h1-3,8H/b17-16+. The average molecular weight is 591 g/mol. The Morgan fingerprint density at radius 1 is 1.33 bits per heavy atom. The van der Waals surface area contributed by atoms with Crippen LogP contribution in [0.1, 0.15) is 0 Å². The zero-order chi connectivity index (χ0) is 13.9. The zero-order valence-electron chi connectivity index (χ0n) is 8.38. The van der Waals surface area contributed by atoms with Gasteiger partial charge in [-0.3, -0.25) is 4.79 Å². The van der Waals surface area contributed by atoms with Gasteiger partial charge >= 0.3 is 0 Å². The van der Waals surface area contributed by atoms with Gasteiger partial charge < -0.3 is 0 Å². The SMILES string of the molecule is O=C(C(Br)Br)C(Cl)(Br)/N=N/c1ccc(Br)cc1Br. The van der Waals surface area contributed by atoms with Crippen LogP contribution in [0.3, 0.4) is 0 Å². The van der Waals surface area contributed by atoms with Crippen LogP contribution in [0.5, 0.6) is 0 Å². The number of hydrogen-bond acceptors (Lipinski definition) is 3. The molecule has 98 valence electrons. The summed E-state index contributed by atoms with van der Waals surface area (Å²) in [5.74, 6) is -0.402. The molecule has 1 unspecified atom stereocenters. The van der Waals surface area contributed by atoms with Crippen LogP contribution in [0.2, 0.25) is 0 Å². The Labute approximate surface area is 151 Å². The molecule has 0 aliphatic rings. The Morgan fingerprint density at radius 3 is 2.44 bits per heavy atom. The summed E-state index contributed by atoms with van der Waals surface area (Å²) in [6, 6.07) is 5.36. The molecule has 0 heterocycles. The molecule has 3 nitrogen and oxygen atoms in total. The van der Waals surface area contributed by atoms with E-state index in [1.54, 1.807) is 6.07 Å². The maximum Gasteiger partial charge on any atom is 0.268 e. The maximum atomic E-state index is 11.7. The molecule has 0 N–H and O–H groups in total. The molecule has 0 spiro atoms. The highest BCUT2D eigenvalue weighted by molar-refractivity contribution is 9.25. The number of hydrogen-bond donors (Lipinski definition) is 0. The lowest BCUT2D eigenvalue weighted by atomic mass is 10.3. The van der Waals surface area contributed by atoms with Crippen molar-refractivity contribution in [3.63, 3.8) is 0 Å². The second-order valence-electron chi connectivity index (χ2n) is 3.00. The molecule has 0 saturated heterocycles. The lowest BCUT2D eigenvalue weighted by Gasteiger charge is -2.12. The Morgan fingerprint density at radius 2 is 1.94 bits per heavy atom. The van der Waals surface area contributed by atoms with Gasteiger partial charge in [0.25, 0.3) is 3.91 Å². The highest BCUT2D eigenvalue weighted by Crippen LogP contribution is 2.35. The lowest BCUT2D eigenvalue weighted by molar-refractivity contribution is -0.117. The molecule has 1 atom stereocenters. The first kappa shape index (κ1) is 17.2. The predicted molar refractivity (Wildman–Crippen MR) is 90.5 cm³/mol. The van der Waals surface area contributed by atoms with Crippen molar-refractivity contribution in [2.75, 3.05) is 0 Å². The van der Waals surface area contributed by atoms with E-state index in [2.05, 4.69) is 89.9 Å². The fraction of sp³-hybridized carbons (Fsp3) is 0.222. The summed E-state index contributed by atoms with van der Waals surface area (Å²) >= 11 is 21.7. The summed E-state index contributed by atoms with van der Waals surface area (Å²) in [6.45, 7) is 0. The molecule has 9 heteroatoms. The molecule has 1 rings (SSSR count). The van der Waals surface area contributed by atoms with Gasteiger partial charge in [0.1, 0.15) is 3.74 Å². The highest BCUT2D eigenvalue weighted by Gasteiger charge is 2.36. The first-order chi connectivity index (χ1) is 8.24. The third-order valence-electron chi connectivity index (χ3n) is 1.69. The van der Waals surface area contributed by atoms with Crippen LogP contribution in [-0.4, -0.2) is 13.4 Å². The van der Waals surface area contributed by atoms with Crippen molar-refractivity contribution >= 4 is 103 Å². The van der Waals surface area contributed by atoms with E-state index in [9.17, 15) is 4.79 Å². The molecular weight excluding hydrogens is 587 g/mol. The number of carbonyl (C=O) groups is 1. The molecule has 1 aromatic carbocycles. The van der Waals surface area contributed by atoms with Crippen molar-refractivity contribution in [1.82, 2.24) is 0 Å². The monoisotopic (exact) mass is 586 g/mol. The number of benzene rings is 1. The molecule has 1 aromatic rings. The number of azo groups is 1. The number of rotatable bonds is 4. The minimum atomic E-state index is -1.60. The van der Waals surface area contributed by atoms with Crippen LogP contribution in [0.25, 0.3) is 0 Å². The molecule has 0 aliphatic heterocycles. The Hall–Kier alpha value is 1.18. The van der Waals surface area contributed by atoms with Crippen LogP contribution in [-0.2, 0) is 4.79 Å². The number of alkyl halides is 4. The second-order valence-corrected chi connectivity index (χ2v) is 9.98. The predicted octanol–water partition coefficient (Wildman–Crippen LogP) is 6.27. The second kappa shape index (κ2) is 7.26. The molecule has 0 amide bonds. The van der Waals surface area contributed by atoms with E-state index in [0.29, 0.717) is 5.69 Å². The zero-order valence-corrected chi connectivity index (χ0v) is 17.1. The summed E-state index contributed by atoms with van der Waals surface area (Å²) in [5.41, 5.74) is 0.566. The minimum Gasteiger partial charge on any atom is -0.292 e. The molecule has 0 radical (unpaired) electrons.